The lowest BCUT2D eigenvalue weighted by atomic mass is 9.97. The molecule has 1 rings (SSSR count). The first-order valence-corrected chi connectivity index (χ1v) is 7.59. The Morgan fingerprint density at radius 1 is 1.29 bits per heavy atom. The van der Waals surface area contributed by atoms with E-state index in [2.05, 4.69) is 0 Å². The third-order valence-electron chi connectivity index (χ3n) is 2.67. The first-order valence-electron chi connectivity index (χ1n) is 5.53. The molecule has 2 N–H and O–H groups in total. The van der Waals surface area contributed by atoms with Crippen molar-refractivity contribution in [1.82, 2.24) is 0 Å². The van der Waals surface area contributed by atoms with Crippen LogP contribution in [0.2, 0.25) is 0 Å². The van der Waals surface area contributed by atoms with Gasteiger partial charge in [0.05, 0.1) is 5.75 Å². The normalized spacial score (nSPS) is 13.6. The molecule has 1 aromatic rings. The first-order chi connectivity index (χ1) is 7.90. The maximum Gasteiger partial charge on any atom is 0.147 e. The standard InChI is InChI=1S/C12H18FNO2S/c1-17(15,16)7-6-11(9-14)8-10-2-4-12(13)5-3-10/h2-5,11H,6-9,14H2,1H3. The van der Waals surface area contributed by atoms with Crippen molar-refractivity contribution >= 4 is 9.84 Å². The third-order valence-corrected chi connectivity index (χ3v) is 3.65. The summed E-state index contributed by atoms with van der Waals surface area (Å²) in [7, 11) is -2.94. The Morgan fingerprint density at radius 3 is 2.35 bits per heavy atom. The number of sulfone groups is 1. The number of hydrogen-bond donors (Lipinski definition) is 1. The number of benzene rings is 1. The molecule has 1 aromatic carbocycles. The van der Waals surface area contributed by atoms with Gasteiger partial charge in [-0.15, -0.1) is 0 Å². The average molecular weight is 259 g/mol. The van der Waals surface area contributed by atoms with E-state index in [1.54, 1.807) is 12.1 Å². The molecule has 1 unspecified atom stereocenters. The van der Waals surface area contributed by atoms with Crippen molar-refractivity contribution in [3.05, 3.63) is 35.6 Å². The smallest absolute Gasteiger partial charge is 0.147 e. The predicted octanol–water partition coefficient (Wildman–Crippen LogP) is 1.38. The SMILES string of the molecule is CS(=O)(=O)CCC(CN)Cc1ccc(F)cc1. The molecule has 0 aliphatic carbocycles. The fourth-order valence-electron chi connectivity index (χ4n) is 1.64. The molecule has 3 nitrogen and oxygen atoms in total. The van der Waals surface area contributed by atoms with E-state index in [-0.39, 0.29) is 17.5 Å². The van der Waals surface area contributed by atoms with E-state index in [4.69, 9.17) is 5.73 Å². The minimum atomic E-state index is -2.94. The molecule has 96 valence electrons. The molecule has 0 spiro atoms. The molecule has 0 saturated heterocycles. The van der Waals surface area contributed by atoms with Crippen molar-refractivity contribution < 1.29 is 12.8 Å². The molecule has 0 aromatic heterocycles. The van der Waals surface area contributed by atoms with E-state index in [1.165, 1.54) is 18.4 Å². The topological polar surface area (TPSA) is 60.2 Å². The minimum Gasteiger partial charge on any atom is -0.330 e. The van der Waals surface area contributed by atoms with E-state index in [0.717, 1.165) is 5.56 Å². The molecule has 1 atom stereocenters. The van der Waals surface area contributed by atoms with Crippen LogP contribution < -0.4 is 5.73 Å². The van der Waals surface area contributed by atoms with E-state index in [0.29, 0.717) is 19.4 Å². The lowest BCUT2D eigenvalue weighted by Crippen LogP contribution is -2.20. The Morgan fingerprint density at radius 2 is 1.88 bits per heavy atom. The molecule has 0 radical (unpaired) electrons. The van der Waals surface area contributed by atoms with E-state index in [1.807, 2.05) is 0 Å². The molecule has 0 amide bonds. The lowest BCUT2D eigenvalue weighted by molar-refractivity contribution is 0.512. The Hall–Kier alpha value is -0.940. The second-order valence-corrected chi connectivity index (χ2v) is 6.61. The number of rotatable bonds is 6. The van der Waals surface area contributed by atoms with Gasteiger partial charge in [0.15, 0.2) is 0 Å². The van der Waals surface area contributed by atoms with Crippen molar-refractivity contribution in [3.8, 4) is 0 Å². The van der Waals surface area contributed by atoms with Crippen LogP contribution in [0.15, 0.2) is 24.3 Å². The summed E-state index contributed by atoms with van der Waals surface area (Å²) in [6, 6.07) is 6.22. The molecular weight excluding hydrogens is 241 g/mol. The maximum atomic E-state index is 12.7. The quantitative estimate of drug-likeness (QED) is 0.839. The molecular formula is C12H18FNO2S. The highest BCUT2D eigenvalue weighted by Gasteiger charge is 2.11. The summed E-state index contributed by atoms with van der Waals surface area (Å²) in [6.07, 6.45) is 2.46. The van der Waals surface area contributed by atoms with Crippen molar-refractivity contribution in [1.29, 1.82) is 0 Å². The highest BCUT2D eigenvalue weighted by atomic mass is 32.2. The van der Waals surface area contributed by atoms with Gasteiger partial charge in [-0.05, 0) is 43.0 Å². The van der Waals surface area contributed by atoms with Crippen LogP contribution in [0.4, 0.5) is 4.39 Å². The zero-order valence-corrected chi connectivity index (χ0v) is 10.7. The highest BCUT2D eigenvalue weighted by molar-refractivity contribution is 7.90. The molecule has 0 fully saturated rings. The van der Waals surface area contributed by atoms with Gasteiger partial charge in [-0.1, -0.05) is 12.1 Å². The molecule has 0 bridgehead atoms. The zero-order valence-electron chi connectivity index (χ0n) is 9.90. The third kappa shape index (κ3) is 5.79. The summed E-state index contributed by atoms with van der Waals surface area (Å²) in [6.45, 7) is 0.437. The van der Waals surface area contributed by atoms with Crippen LogP contribution in [0.1, 0.15) is 12.0 Å². The molecule has 0 aliphatic heterocycles. The van der Waals surface area contributed by atoms with E-state index in [9.17, 15) is 12.8 Å². The largest absolute Gasteiger partial charge is 0.330 e. The van der Waals surface area contributed by atoms with Crippen LogP contribution in [-0.2, 0) is 16.3 Å². The van der Waals surface area contributed by atoms with E-state index >= 15 is 0 Å². The van der Waals surface area contributed by atoms with Crippen molar-refractivity contribution in [2.45, 2.75) is 12.8 Å². The Bertz CT molecular complexity index is 442. The van der Waals surface area contributed by atoms with Crippen molar-refractivity contribution in [3.63, 3.8) is 0 Å². The first kappa shape index (κ1) is 14.1. The molecule has 5 heteroatoms. The fourth-order valence-corrected chi connectivity index (χ4v) is 2.40. The van der Waals surface area contributed by atoms with Crippen molar-refractivity contribution in [2.75, 3.05) is 18.6 Å². The summed E-state index contributed by atoms with van der Waals surface area (Å²) in [5, 5.41) is 0. The van der Waals surface area contributed by atoms with Gasteiger partial charge >= 0.3 is 0 Å². The zero-order chi connectivity index (χ0) is 12.9. The summed E-state index contributed by atoms with van der Waals surface area (Å²) < 4.78 is 34.8. The van der Waals surface area contributed by atoms with Gasteiger partial charge in [-0.3, -0.25) is 0 Å². The van der Waals surface area contributed by atoms with Gasteiger partial charge in [0.1, 0.15) is 15.7 Å². The fraction of sp³-hybridized carbons (Fsp3) is 0.500. The number of hydrogen-bond acceptors (Lipinski definition) is 3. The Labute approximate surface area is 102 Å². The van der Waals surface area contributed by atoms with Crippen LogP contribution in [-0.4, -0.2) is 27.0 Å². The van der Waals surface area contributed by atoms with Gasteiger partial charge in [0.2, 0.25) is 0 Å². The van der Waals surface area contributed by atoms with E-state index < -0.39 is 9.84 Å². The maximum absolute atomic E-state index is 12.7. The van der Waals surface area contributed by atoms with Gasteiger partial charge < -0.3 is 5.73 Å². The monoisotopic (exact) mass is 259 g/mol. The number of halogens is 1. The van der Waals surface area contributed by atoms with Gasteiger partial charge in [0.25, 0.3) is 0 Å². The second-order valence-electron chi connectivity index (χ2n) is 4.35. The average Bonchev–Trinajstić information content (AvgIpc) is 2.25. The Balaban J connectivity index is 2.55. The highest BCUT2D eigenvalue weighted by Crippen LogP contribution is 2.13. The molecule has 0 saturated carbocycles. The molecule has 0 heterocycles. The molecule has 0 aliphatic rings. The van der Waals surface area contributed by atoms with Crippen LogP contribution in [0, 0.1) is 11.7 Å². The second kappa shape index (κ2) is 6.12. The van der Waals surface area contributed by atoms with Gasteiger partial charge in [0, 0.05) is 6.26 Å². The van der Waals surface area contributed by atoms with Crippen LogP contribution >= 0.6 is 0 Å². The summed E-state index contributed by atoms with van der Waals surface area (Å²) >= 11 is 0. The Kier molecular flexibility index (Phi) is 5.08. The summed E-state index contributed by atoms with van der Waals surface area (Å²) in [5.74, 6) is 0.000140. The summed E-state index contributed by atoms with van der Waals surface area (Å²) in [5.41, 5.74) is 6.59. The van der Waals surface area contributed by atoms with Crippen molar-refractivity contribution in [2.24, 2.45) is 11.7 Å². The van der Waals surface area contributed by atoms with Gasteiger partial charge in [-0.2, -0.15) is 0 Å². The molecule has 17 heavy (non-hydrogen) atoms. The minimum absolute atomic E-state index is 0.121. The van der Waals surface area contributed by atoms with Crippen LogP contribution in [0.25, 0.3) is 0 Å². The summed E-state index contributed by atoms with van der Waals surface area (Å²) in [4.78, 5) is 0. The predicted molar refractivity (Wildman–Crippen MR) is 67.0 cm³/mol. The number of nitrogens with two attached hydrogens (primary N) is 1. The van der Waals surface area contributed by atoms with Crippen LogP contribution in [0.5, 0.6) is 0 Å². The van der Waals surface area contributed by atoms with Crippen LogP contribution in [0.3, 0.4) is 0 Å². The van der Waals surface area contributed by atoms with Gasteiger partial charge in [-0.25, -0.2) is 12.8 Å². The lowest BCUT2D eigenvalue weighted by Gasteiger charge is -2.14.